The van der Waals surface area contributed by atoms with E-state index in [4.69, 9.17) is 21.1 Å². The van der Waals surface area contributed by atoms with Crippen molar-refractivity contribution >= 4 is 11.6 Å². The minimum atomic E-state index is 0.498. The molecule has 4 heteroatoms. The summed E-state index contributed by atoms with van der Waals surface area (Å²) >= 11 is 5.98. The normalized spacial score (nSPS) is 29.2. The highest BCUT2D eigenvalue weighted by atomic mass is 35.5. The molecule has 0 aliphatic heterocycles. The van der Waals surface area contributed by atoms with Crippen molar-refractivity contribution in [2.24, 2.45) is 23.2 Å². The zero-order valence-corrected chi connectivity index (χ0v) is 20.2. The summed E-state index contributed by atoms with van der Waals surface area (Å²) in [4.78, 5) is 0. The second kappa shape index (κ2) is 9.27. The molecule has 2 aromatic rings. The second-order valence-corrected chi connectivity index (χ2v) is 10.9. The minimum Gasteiger partial charge on any atom is -0.490 e. The Balaban J connectivity index is 1.22. The molecule has 4 fully saturated rings. The number of hydrogen-bond acceptors (Lipinski definition) is 3. The lowest BCUT2D eigenvalue weighted by Gasteiger charge is -2.59. The molecular formula is C28H36ClNO2. The Morgan fingerprint density at radius 1 is 0.906 bits per heavy atom. The van der Waals surface area contributed by atoms with Gasteiger partial charge < -0.3 is 14.8 Å². The molecule has 0 heterocycles. The van der Waals surface area contributed by atoms with Crippen molar-refractivity contribution in [2.75, 3.05) is 6.61 Å². The van der Waals surface area contributed by atoms with Gasteiger partial charge in [-0.25, -0.2) is 0 Å². The molecule has 1 atom stereocenters. The Morgan fingerprint density at radius 3 is 2.16 bits per heavy atom. The average molecular weight is 454 g/mol. The predicted molar refractivity (Wildman–Crippen MR) is 130 cm³/mol. The van der Waals surface area contributed by atoms with Crippen LogP contribution >= 0.6 is 11.6 Å². The van der Waals surface area contributed by atoms with Gasteiger partial charge in [-0.3, -0.25) is 0 Å². The van der Waals surface area contributed by atoms with E-state index in [1.807, 2.05) is 37.3 Å². The van der Waals surface area contributed by atoms with Gasteiger partial charge in [-0.2, -0.15) is 0 Å². The second-order valence-electron chi connectivity index (χ2n) is 10.5. The van der Waals surface area contributed by atoms with Crippen LogP contribution in [0.3, 0.4) is 0 Å². The first-order valence-electron chi connectivity index (χ1n) is 12.4. The van der Waals surface area contributed by atoms with E-state index in [2.05, 4.69) is 24.4 Å². The molecule has 3 nitrogen and oxygen atoms in total. The number of benzene rings is 2. The molecule has 4 bridgehead atoms. The van der Waals surface area contributed by atoms with Gasteiger partial charge in [-0.1, -0.05) is 29.8 Å². The lowest BCUT2D eigenvalue weighted by atomic mass is 9.48. The van der Waals surface area contributed by atoms with Crippen LogP contribution in [0.1, 0.15) is 63.5 Å². The smallest absolute Gasteiger partial charge is 0.161 e. The lowest BCUT2D eigenvalue weighted by Crippen LogP contribution is -2.54. The third kappa shape index (κ3) is 4.65. The minimum absolute atomic E-state index is 0.498. The Bertz CT molecular complexity index is 890. The summed E-state index contributed by atoms with van der Waals surface area (Å²) in [6.07, 6.45) is 8.82. The van der Waals surface area contributed by atoms with Crippen molar-refractivity contribution < 1.29 is 9.47 Å². The maximum absolute atomic E-state index is 6.07. The number of rotatable bonds is 9. The van der Waals surface area contributed by atoms with Crippen LogP contribution in [0.25, 0.3) is 0 Å². The summed E-state index contributed by atoms with van der Waals surface area (Å²) in [5.41, 5.74) is 2.87. The standard InChI is InChI=1S/C28H36ClNO2/c1-3-31-27-13-21(6-9-26(27)32-18-20-4-7-25(29)8-5-20)17-30-19(2)28-14-22-10-23(15-28)12-24(11-22)16-28/h4-9,13,19,22-24,30H,3,10-12,14-18H2,1-2H3. The van der Waals surface area contributed by atoms with E-state index in [9.17, 15) is 0 Å². The molecule has 172 valence electrons. The number of hydrogen-bond donors (Lipinski definition) is 1. The van der Waals surface area contributed by atoms with Crippen LogP contribution in [0.5, 0.6) is 11.5 Å². The highest BCUT2D eigenvalue weighted by Gasteiger charge is 2.52. The molecule has 1 unspecified atom stereocenters. The summed E-state index contributed by atoms with van der Waals surface area (Å²) in [7, 11) is 0. The first-order valence-corrected chi connectivity index (χ1v) is 12.8. The largest absolute Gasteiger partial charge is 0.490 e. The summed E-state index contributed by atoms with van der Waals surface area (Å²) in [5, 5.41) is 4.64. The van der Waals surface area contributed by atoms with Gasteiger partial charge in [0.1, 0.15) is 6.61 Å². The third-order valence-corrected chi connectivity index (χ3v) is 8.48. The van der Waals surface area contributed by atoms with E-state index in [0.29, 0.717) is 24.7 Å². The van der Waals surface area contributed by atoms with Gasteiger partial charge in [0.05, 0.1) is 6.61 Å². The topological polar surface area (TPSA) is 30.5 Å². The summed E-state index contributed by atoms with van der Waals surface area (Å²) in [6, 6.07) is 14.7. The molecule has 32 heavy (non-hydrogen) atoms. The van der Waals surface area contributed by atoms with Crippen LogP contribution in [0.15, 0.2) is 42.5 Å². The molecule has 4 aliphatic rings. The van der Waals surface area contributed by atoms with Crippen LogP contribution < -0.4 is 14.8 Å². The van der Waals surface area contributed by atoms with Crippen LogP contribution in [0.2, 0.25) is 5.02 Å². The van der Waals surface area contributed by atoms with Crippen LogP contribution in [0.4, 0.5) is 0 Å². The van der Waals surface area contributed by atoms with Crippen LogP contribution in [-0.4, -0.2) is 12.6 Å². The quantitative estimate of drug-likeness (QED) is 0.442. The predicted octanol–water partition coefficient (Wildman–Crippen LogP) is 7.01. The van der Waals surface area contributed by atoms with Crippen molar-refractivity contribution in [3.8, 4) is 11.5 Å². The van der Waals surface area contributed by atoms with Gasteiger partial charge >= 0.3 is 0 Å². The molecule has 4 aliphatic carbocycles. The molecule has 0 saturated heterocycles. The molecule has 0 amide bonds. The van der Waals surface area contributed by atoms with Gasteiger partial charge in [-0.05, 0) is 111 Å². The number of halogens is 1. The van der Waals surface area contributed by atoms with Gasteiger partial charge in [0, 0.05) is 17.6 Å². The van der Waals surface area contributed by atoms with Gasteiger partial charge in [0.15, 0.2) is 11.5 Å². The van der Waals surface area contributed by atoms with Crippen molar-refractivity contribution in [1.82, 2.24) is 5.32 Å². The van der Waals surface area contributed by atoms with Gasteiger partial charge in [0.25, 0.3) is 0 Å². The first kappa shape index (κ1) is 22.1. The van der Waals surface area contributed by atoms with Crippen LogP contribution in [-0.2, 0) is 13.2 Å². The van der Waals surface area contributed by atoms with Crippen molar-refractivity contribution in [3.63, 3.8) is 0 Å². The third-order valence-electron chi connectivity index (χ3n) is 8.23. The first-order chi connectivity index (χ1) is 15.5. The number of nitrogens with one attached hydrogen (secondary N) is 1. The maximum atomic E-state index is 6.07. The molecular weight excluding hydrogens is 418 g/mol. The number of ether oxygens (including phenoxy) is 2. The zero-order chi connectivity index (χ0) is 22.1. The summed E-state index contributed by atoms with van der Waals surface area (Å²) in [5.74, 6) is 4.59. The van der Waals surface area contributed by atoms with E-state index in [-0.39, 0.29) is 0 Å². The Labute approximate surface area is 197 Å². The highest BCUT2D eigenvalue weighted by Crippen LogP contribution is 2.61. The lowest BCUT2D eigenvalue weighted by molar-refractivity contribution is -0.0706. The fourth-order valence-electron chi connectivity index (χ4n) is 6.99. The molecule has 0 radical (unpaired) electrons. The van der Waals surface area contributed by atoms with Crippen molar-refractivity contribution in [2.45, 2.75) is 71.6 Å². The van der Waals surface area contributed by atoms with E-state index < -0.39 is 0 Å². The molecule has 6 rings (SSSR count). The van der Waals surface area contributed by atoms with Gasteiger partial charge in [0.2, 0.25) is 0 Å². The molecule has 0 aromatic heterocycles. The van der Waals surface area contributed by atoms with E-state index in [1.165, 1.54) is 44.1 Å². The average Bonchev–Trinajstić information content (AvgIpc) is 2.77. The summed E-state index contributed by atoms with van der Waals surface area (Å²) < 4.78 is 12.0. The van der Waals surface area contributed by atoms with Crippen molar-refractivity contribution in [3.05, 3.63) is 58.6 Å². The summed E-state index contributed by atoms with van der Waals surface area (Å²) in [6.45, 7) is 6.44. The van der Waals surface area contributed by atoms with E-state index in [0.717, 1.165) is 46.4 Å². The highest BCUT2D eigenvalue weighted by molar-refractivity contribution is 6.30. The Hall–Kier alpha value is -1.71. The van der Waals surface area contributed by atoms with E-state index in [1.54, 1.807) is 0 Å². The van der Waals surface area contributed by atoms with Gasteiger partial charge in [-0.15, -0.1) is 0 Å². The Kier molecular flexibility index (Phi) is 6.40. The monoisotopic (exact) mass is 453 g/mol. The fraction of sp³-hybridized carbons (Fsp3) is 0.571. The zero-order valence-electron chi connectivity index (χ0n) is 19.4. The fourth-order valence-corrected chi connectivity index (χ4v) is 7.11. The molecule has 2 aromatic carbocycles. The van der Waals surface area contributed by atoms with E-state index >= 15 is 0 Å². The SMILES string of the molecule is CCOc1cc(CNC(C)C23CC4CC(CC(C4)C2)C3)ccc1OCc1ccc(Cl)cc1. The van der Waals surface area contributed by atoms with Crippen LogP contribution in [0, 0.1) is 23.2 Å². The molecule has 1 N–H and O–H groups in total. The molecule has 4 saturated carbocycles. The Morgan fingerprint density at radius 2 is 1.53 bits per heavy atom. The van der Waals surface area contributed by atoms with Crippen molar-refractivity contribution in [1.29, 1.82) is 0 Å². The molecule has 0 spiro atoms. The maximum Gasteiger partial charge on any atom is 0.161 e.